The summed E-state index contributed by atoms with van der Waals surface area (Å²) in [5.74, 6) is 2.05. The quantitative estimate of drug-likeness (QED) is 0.628. The van der Waals surface area contributed by atoms with Crippen LogP contribution in [0.2, 0.25) is 0 Å². The van der Waals surface area contributed by atoms with Crippen molar-refractivity contribution in [3.63, 3.8) is 0 Å². The smallest absolute Gasteiger partial charge is 0.222 e. The Balaban J connectivity index is 1.61. The number of methoxy groups -OCH3 is 2. The highest BCUT2D eigenvalue weighted by Gasteiger charge is 2.19. The maximum absolute atomic E-state index is 11.8. The van der Waals surface area contributed by atoms with Crippen molar-refractivity contribution in [3.8, 4) is 11.5 Å². The van der Waals surface area contributed by atoms with Crippen LogP contribution in [0.1, 0.15) is 30.4 Å². The maximum atomic E-state index is 11.8. The zero-order chi connectivity index (χ0) is 19.8. The summed E-state index contributed by atoms with van der Waals surface area (Å²) in [6.07, 6.45) is 2.69. The Morgan fingerprint density at radius 2 is 1.43 bits per heavy atom. The van der Waals surface area contributed by atoms with Gasteiger partial charge in [-0.2, -0.15) is 0 Å². The second-order valence-electron chi connectivity index (χ2n) is 7.24. The molecule has 5 nitrogen and oxygen atoms in total. The fraction of sp³-hybridized carbons (Fsp3) is 0.435. The predicted octanol–water partition coefficient (Wildman–Crippen LogP) is 3.72. The fourth-order valence-electron chi connectivity index (χ4n) is 3.62. The van der Waals surface area contributed by atoms with Gasteiger partial charge in [-0.3, -0.25) is 9.69 Å². The van der Waals surface area contributed by atoms with E-state index in [4.69, 9.17) is 9.47 Å². The van der Waals surface area contributed by atoms with Crippen LogP contribution >= 0.6 is 0 Å². The number of hydrogen-bond acceptors (Lipinski definition) is 4. The van der Waals surface area contributed by atoms with E-state index in [1.165, 1.54) is 11.1 Å². The average Bonchev–Trinajstić information content (AvgIpc) is 3.14. The summed E-state index contributed by atoms with van der Waals surface area (Å²) in [5, 5.41) is 0. The van der Waals surface area contributed by atoms with Crippen LogP contribution in [0.5, 0.6) is 11.5 Å². The Kier molecular flexibility index (Phi) is 7.31. The Morgan fingerprint density at radius 1 is 0.893 bits per heavy atom. The highest BCUT2D eigenvalue weighted by atomic mass is 16.5. The van der Waals surface area contributed by atoms with Gasteiger partial charge in [-0.15, -0.1) is 0 Å². The van der Waals surface area contributed by atoms with E-state index in [-0.39, 0.29) is 0 Å². The predicted molar refractivity (Wildman–Crippen MR) is 111 cm³/mol. The number of amides is 1. The lowest BCUT2D eigenvalue weighted by Crippen LogP contribution is -2.30. The van der Waals surface area contributed by atoms with Gasteiger partial charge in [0.2, 0.25) is 5.91 Å². The van der Waals surface area contributed by atoms with Crippen molar-refractivity contribution < 1.29 is 14.3 Å². The molecule has 1 fully saturated rings. The van der Waals surface area contributed by atoms with Crippen molar-refractivity contribution in [3.05, 3.63) is 59.7 Å². The number of carbonyl (C=O) groups excluding carboxylic acids is 1. The van der Waals surface area contributed by atoms with Gasteiger partial charge in [0.25, 0.3) is 0 Å². The minimum atomic E-state index is 0.303. The first-order chi connectivity index (χ1) is 13.7. The van der Waals surface area contributed by atoms with E-state index in [0.717, 1.165) is 57.1 Å². The average molecular weight is 383 g/mol. The van der Waals surface area contributed by atoms with Crippen LogP contribution in [0.3, 0.4) is 0 Å². The van der Waals surface area contributed by atoms with E-state index in [9.17, 15) is 4.79 Å². The van der Waals surface area contributed by atoms with Gasteiger partial charge in [-0.05, 0) is 48.2 Å². The molecule has 2 aromatic rings. The molecule has 0 spiro atoms. The Morgan fingerprint density at radius 3 is 1.86 bits per heavy atom. The molecule has 2 aromatic carbocycles. The normalized spacial score (nSPS) is 14.0. The number of nitrogens with zero attached hydrogens (tertiary/aromatic N) is 2. The standard InChI is InChI=1S/C23H30N2O3/c1-27-21-10-6-19(7-11-21)17-24(14-4-16-25-15-3-5-23(25)26)18-20-8-12-22(28-2)13-9-20/h6-13H,3-5,14-18H2,1-2H3. The monoisotopic (exact) mass is 382 g/mol. The lowest BCUT2D eigenvalue weighted by atomic mass is 10.1. The number of benzene rings is 2. The summed E-state index contributed by atoms with van der Waals surface area (Å²) in [4.78, 5) is 16.3. The van der Waals surface area contributed by atoms with Crippen LogP contribution in [-0.4, -0.2) is 49.6 Å². The third-order valence-corrected chi connectivity index (χ3v) is 5.20. The molecule has 0 bridgehead atoms. The van der Waals surface area contributed by atoms with E-state index in [1.807, 2.05) is 29.2 Å². The Labute approximate surface area is 167 Å². The van der Waals surface area contributed by atoms with E-state index in [0.29, 0.717) is 12.3 Å². The molecule has 28 heavy (non-hydrogen) atoms. The number of carbonyl (C=O) groups is 1. The van der Waals surface area contributed by atoms with Crippen molar-refractivity contribution in [1.29, 1.82) is 0 Å². The van der Waals surface area contributed by atoms with Crippen molar-refractivity contribution in [1.82, 2.24) is 9.80 Å². The van der Waals surface area contributed by atoms with E-state index < -0.39 is 0 Å². The molecule has 1 saturated heterocycles. The highest BCUT2D eigenvalue weighted by Crippen LogP contribution is 2.17. The van der Waals surface area contributed by atoms with Crippen LogP contribution in [0, 0.1) is 0 Å². The topological polar surface area (TPSA) is 42.0 Å². The summed E-state index contributed by atoms with van der Waals surface area (Å²) in [7, 11) is 3.37. The van der Waals surface area contributed by atoms with Gasteiger partial charge >= 0.3 is 0 Å². The van der Waals surface area contributed by atoms with Gasteiger partial charge in [-0.1, -0.05) is 24.3 Å². The first-order valence-electron chi connectivity index (χ1n) is 9.94. The largest absolute Gasteiger partial charge is 0.497 e. The van der Waals surface area contributed by atoms with Gasteiger partial charge in [0.15, 0.2) is 0 Å². The van der Waals surface area contributed by atoms with Gasteiger partial charge in [0, 0.05) is 39.1 Å². The zero-order valence-electron chi connectivity index (χ0n) is 16.9. The lowest BCUT2D eigenvalue weighted by molar-refractivity contribution is -0.127. The molecule has 150 valence electrons. The molecular weight excluding hydrogens is 352 g/mol. The first-order valence-corrected chi connectivity index (χ1v) is 9.94. The summed E-state index contributed by atoms with van der Waals surface area (Å²) in [6.45, 7) is 4.44. The molecule has 0 N–H and O–H groups in total. The van der Waals surface area contributed by atoms with Crippen molar-refractivity contribution >= 4 is 5.91 Å². The molecule has 0 saturated carbocycles. The molecule has 5 heteroatoms. The highest BCUT2D eigenvalue weighted by molar-refractivity contribution is 5.77. The summed E-state index contributed by atoms with van der Waals surface area (Å²) < 4.78 is 10.5. The molecule has 1 amide bonds. The number of rotatable bonds is 10. The minimum Gasteiger partial charge on any atom is -0.497 e. The summed E-state index contributed by atoms with van der Waals surface area (Å²) in [6, 6.07) is 16.5. The molecule has 1 aliphatic rings. The Hall–Kier alpha value is -2.53. The lowest BCUT2D eigenvalue weighted by Gasteiger charge is -2.24. The van der Waals surface area contributed by atoms with Gasteiger partial charge < -0.3 is 14.4 Å². The Bertz CT molecular complexity index is 694. The number of ether oxygens (including phenoxy) is 2. The molecule has 0 aliphatic carbocycles. The zero-order valence-corrected chi connectivity index (χ0v) is 16.9. The number of likely N-dealkylation sites (tertiary alicyclic amines) is 1. The maximum Gasteiger partial charge on any atom is 0.222 e. The number of hydrogen-bond donors (Lipinski definition) is 0. The molecule has 1 aliphatic heterocycles. The fourth-order valence-corrected chi connectivity index (χ4v) is 3.62. The second kappa shape index (κ2) is 10.1. The van der Waals surface area contributed by atoms with Crippen LogP contribution < -0.4 is 9.47 Å². The van der Waals surface area contributed by atoms with Crippen molar-refractivity contribution in [2.75, 3.05) is 33.9 Å². The van der Waals surface area contributed by atoms with E-state index in [1.54, 1.807) is 14.2 Å². The third-order valence-electron chi connectivity index (χ3n) is 5.20. The van der Waals surface area contributed by atoms with Crippen LogP contribution in [0.4, 0.5) is 0 Å². The van der Waals surface area contributed by atoms with Gasteiger partial charge in [0.05, 0.1) is 14.2 Å². The molecule has 1 heterocycles. The SMILES string of the molecule is COc1ccc(CN(CCCN2CCCC2=O)Cc2ccc(OC)cc2)cc1. The molecule has 0 radical (unpaired) electrons. The summed E-state index contributed by atoms with van der Waals surface area (Å²) >= 11 is 0. The molecular formula is C23H30N2O3. The molecule has 0 aromatic heterocycles. The van der Waals surface area contributed by atoms with Gasteiger partial charge in [0.1, 0.15) is 11.5 Å². The third kappa shape index (κ3) is 5.73. The van der Waals surface area contributed by atoms with Gasteiger partial charge in [-0.25, -0.2) is 0 Å². The molecule has 0 atom stereocenters. The second-order valence-corrected chi connectivity index (χ2v) is 7.24. The van der Waals surface area contributed by atoms with E-state index >= 15 is 0 Å². The first kappa shape index (κ1) is 20.2. The van der Waals surface area contributed by atoms with Crippen LogP contribution in [0.15, 0.2) is 48.5 Å². The minimum absolute atomic E-state index is 0.303. The molecule has 3 rings (SSSR count). The molecule has 0 unspecified atom stereocenters. The van der Waals surface area contributed by atoms with E-state index in [2.05, 4.69) is 29.2 Å². The van der Waals surface area contributed by atoms with Crippen LogP contribution in [-0.2, 0) is 17.9 Å². The summed E-state index contributed by atoms with van der Waals surface area (Å²) in [5.41, 5.74) is 2.51. The van der Waals surface area contributed by atoms with Crippen LogP contribution in [0.25, 0.3) is 0 Å². The van der Waals surface area contributed by atoms with Crippen molar-refractivity contribution in [2.45, 2.75) is 32.4 Å². The van der Waals surface area contributed by atoms with Crippen molar-refractivity contribution in [2.24, 2.45) is 0 Å².